The van der Waals surface area contributed by atoms with E-state index in [0.717, 1.165) is 25.0 Å². The first-order valence-corrected chi connectivity index (χ1v) is 8.26. The third-order valence-electron chi connectivity index (χ3n) is 3.09. The molecule has 110 valence electrons. The minimum Gasteiger partial charge on any atom is -0.478 e. The second-order valence-corrected chi connectivity index (χ2v) is 7.28. The molecule has 0 radical (unpaired) electrons. The van der Waals surface area contributed by atoms with E-state index >= 15 is 0 Å². The molecule has 0 heterocycles. The van der Waals surface area contributed by atoms with Gasteiger partial charge in [0.15, 0.2) is 5.82 Å². The van der Waals surface area contributed by atoms with E-state index in [1.807, 2.05) is 0 Å². The summed E-state index contributed by atoms with van der Waals surface area (Å²) in [4.78, 5) is 10.4. The Morgan fingerprint density at radius 1 is 1.50 bits per heavy atom. The molecule has 0 bridgehead atoms. The van der Waals surface area contributed by atoms with Gasteiger partial charge in [-0.15, -0.1) is 0 Å². The van der Waals surface area contributed by atoms with Crippen LogP contribution in [0.3, 0.4) is 0 Å². The van der Waals surface area contributed by atoms with Gasteiger partial charge in [0.2, 0.25) is 10.0 Å². The number of carboxylic acids is 1. The van der Waals surface area contributed by atoms with Crippen LogP contribution in [0.5, 0.6) is 0 Å². The van der Waals surface area contributed by atoms with Gasteiger partial charge >= 0.3 is 5.97 Å². The van der Waals surface area contributed by atoms with Crippen molar-refractivity contribution in [1.82, 2.24) is 4.31 Å². The van der Waals surface area contributed by atoms with Crippen LogP contribution >= 0.6 is 15.9 Å². The van der Waals surface area contributed by atoms with E-state index in [4.69, 9.17) is 5.11 Å². The molecule has 1 aromatic carbocycles. The summed E-state index contributed by atoms with van der Waals surface area (Å²) in [6, 6.07) is 2.03. The second-order valence-electron chi connectivity index (χ2n) is 4.51. The fraction of sp³-hybridized carbons (Fsp3) is 0.417. The Kier molecular flexibility index (Phi) is 4.17. The normalized spacial score (nSPS) is 15.6. The predicted octanol–water partition coefficient (Wildman–Crippen LogP) is 2.46. The van der Waals surface area contributed by atoms with Crippen LogP contribution < -0.4 is 0 Å². The molecule has 1 saturated carbocycles. The van der Waals surface area contributed by atoms with Crippen LogP contribution in [-0.4, -0.2) is 36.4 Å². The average molecular weight is 366 g/mol. The number of benzene rings is 1. The van der Waals surface area contributed by atoms with Gasteiger partial charge in [-0.05, 0) is 25.0 Å². The Morgan fingerprint density at radius 2 is 2.10 bits per heavy atom. The topological polar surface area (TPSA) is 74.7 Å². The van der Waals surface area contributed by atoms with Crippen molar-refractivity contribution in [2.75, 3.05) is 6.54 Å². The van der Waals surface area contributed by atoms with Crippen LogP contribution in [-0.2, 0) is 10.0 Å². The van der Waals surface area contributed by atoms with E-state index in [2.05, 4.69) is 15.9 Å². The van der Waals surface area contributed by atoms with E-state index in [9.17, 15) is 17.6 Å². The number of carboxylic acid groups (broad SMARTS) is 1. The maximum Gasteiger partial charge on any atom is 0.338 e. The lowest BCUT2D eigenvalue weighted by Gasteiger charge is -2.20. The third-order valence-corrected chi connectivity index (χ3v) is 5.57. The summed E-state index contributed by atoms with van der Waals surface area (Å²) in [7, 11) is -4.03. The molecule has 20 heavy (non-hydrogen) atoms. The highest BCUT2D eigenvalue weighted by molar-refractivity contribution is 9.10. The molecule has 5 nitrogen and oxygen atoms in total. The molecule has 1 aliphatic rings. The first-order chi connectivity index (χ1) is 9.28. The van der Waals surface area contributed by atoms with Crippen molar-refractivity contribution in [2.45, 2.75) is 30.7 Å². The van der Waals surface area contributed by atoms with Crippen LogP contribution in [0.25, 0.3) is 0 Å². The van der Waals surface area contributed by atoms with Crippen molar-refractivity contribution in [1.29, 1.82) is 0 Å². The van der Waals surface area contributed by atoms with E-state index in [1.54, 1.807) is 6.92 Å². The summed E-state index contributed by atoms with van der Waals surface area (Å²) >= 11 is 3.02. The summed E-state index contributed by atoms with van der Waals surface area (Å²) in [5.41, 5.74) is -0.662. The lowest BCUT2D eigenvalue weighted by Crippen LogP contribution is -2.33. The van der Waals surface area contributed by atoms with Gasteiger partial charge in [0, 0.05) is 17.1 Å². The SMILES string of the molecule is CCN(C1CC1)S(=O)(=O)c1cc(Br)cc(C(=O)O)c1F. The van der Waals surface area contributed by atoms with Crippen LogP contribution in [0, 0.1) is 5.82 Å². The third kappa shape index (κ3) is 2.72. The minimum atomic E-state index is -4.03. The van der Waals surface area contributed by atoms with Gasteiger partial charge in [-0.2, -0.15) is 4.31 Å². The average Bonchev–Trinajstić information content (AvgIpc) is 3.16. The number of hydrogen-bond donors (Lipinski definition) is 1. The molecular formula is C12H13BrFNO4S. The molecule has 1 fully saturated rings. The fourth-order valence-corrected chi connectivity index (χ4v) is 4.44. The summed E-state index contributed by atoms with van der Waals surface area (Å²) in [6.45, 7) is 1.89. The van der Waals surface area contributed by atoms with Gasteiger partial charge in [-0.25, -0.2) is 17.6 Å². The highest BCUT2D eigenvalue weighted by atomic mass is 79.9. The molecule has 0 unspecified atom stereocenters. The van der Waals surface area contributed by atoms with Crippen LogP contribution in [0.2, 0.25) is 0 Å². The molecule has 0 saturated heterocycles. The number of aromatic carboxylic acids is 1. The number of halogens is 2. The Labute approximate surface area is 124 Å². The lowest BCUT2D eigenvalue weighted by atomic mass is 10.2. The Balaban J connectivity index is 2.59. The summed E-state index contributed by atoms with van der Waals surface area (Å²) in [6.07, 6.45) is 1.49. The van der Waals surface area contributed by atoms with Crippen molar-refractivity contribution in [3.8, 4) is 0 Å². The molecule has 2 rings (SSSR count). The molecule has 0 aliphatic heterocycles. The van der Waals surface area contributed by atoms with Gasteiger partial charge in [-0.3, -0.25) is 0 Å². The summed E-state index contributed by atoms with van der Waals surface area (Å²) in [5.74, 6) is -2.73. The first kappa shape index (κ1) is 15.4. The number of hydrogen-bond acceptors (Lipinski definition) is 3. The predicted molar refractivity (Wildman–Crippen MR) is 73.6 cm³/mol. The summed E-state index contributed by atoms with van der Waals surface area (Å²) in [5, 5.41) is 8.93. The largest absolute Gasteiger partial charge is 0.478 e. The molecule has 1 N–H and O–H groups in total. The monoisotopic (exact) mass is 365 g/mol. The number of nitrogens with zero attached hydrogens (tertiary/aromatic N) is 1. The van der Waals surface area contributed by atoms with Crippen molar-refractivity contribution >= 4 is 31.9 Å². The Morgan fingerprint density at radius 3 is 2.55 bits per heavy atom. The summed E-state index contributed by atoms with van der Waals surface area (Å²) < 4.78 is 40.5. The van der Waals surface area contributed by atoms with Crippen LogP contribution in [0.1, 0.15) is 30.1 Å². The van der Waals surface area contributed by atoms with Crippen molar-refractivity contribution in [3.63, 3.8) is 0 Å². The fourth-order valence-electron chi connectivity index (χ4n) is 2.02. The van der Waals surface area contributed by atoms with Crippen molar-refractivity contribution < 1.29 is 22.7 Å². The van der Waals surface area contributed by atoms with Crippen LogP contribution in [0.15, 0.2) is 21.5 Å². The lowest BCUT2D eigenvalue weighted by molar-refractivity contribution is 0.0691. The standard InChI is InChI=1S/C12H13BrFNO4S/c1-2-15(8-3-4-8)20(18,19)10-6-7(13)5-9(11(10)14)12(16)17/h5-6,8H,2-4H2,1H3,(H,16,17). The maximum atomic E-state index is 14.2. The highest BCUT2D eigenvalue weighted by Crippen LogP contribution is 2.34. The van der Waals surface area contributed by atoms with E-state index in [-0.39, 0.29) is 17.1 Å². The number of sulfonamides is 1. The minimum absolute atomic E-state index is 0.114. The zero-order valence-electron chi connectivity index (χ0n) is 10.6. The molecule has 1 aliphatic carbocycles. The molecule has 8 heteroatoms. The van der Waals surface area contributed by atoms with Gasteiger partial charge in [0.25, 0.3) is 0 Å². The van der Waals surface area contributed by atoms with Crippen molar-refractivity contribution in [2.24, 2.45) is 0 Å². The van der Waals surface area contributed by atoms with Crippen LogP contribution in [0.4, 0.5) is 4.39 Å². The van der Waals surface area contributed by atoms with Crippen molar-refractivity contribution in [3.05, 3.63) is 28.0 Å². The van der Waals surface area contributed by atoms with E-state index in [1.165, 1.54) is 4.31 Å². The zero-order valence-corrected chi connectivity index (χ0v) is 13.0. The van der Waals surface area contributed by atoms with Gasteiger partial charge in [0.05, 0.1) is 5.56 Å². The second kappa shape index (κ2) is 5.42. The smallest absolute Gasteiger partial charge is 0.338 e. The maximum absolute atomic E-state index is 14.2. The van der Waals surface area contributed by atoms with Gasteiger partial charge in [-0.1, -0.05) is 22.9 Å². The number of carbonyl (C=O) groups is 1. The zero-order chi connectivity index (χ0) is 15.1. The molecule has 1 aromatic rings. The number of rotatable bonds is 5. The molecule has 0 aromatic heterocycles. The molecular weight excluding hydrogens is 353 g/mol. The van der Waals surface area contributed by atoms with Gasteiger partial charge in [0.1, 0.15) is 4.90 Å². The first-order valence-electron chi connectivity index (χ1n) is 6.03. The van der Waals surface area contributed by atoms with Gasteiger partial charge < -0.3 is 5.11 Å². The van der Waals surface area contributed by atoms with E-state index < -0.39 is 32.3 Å². The molecule has 0 atom stereocenters. The molecule has 0 spiro atoms. The molecule has 0 amide bonds. The highest BCUT2D eigenvalue weighted by Gasteiger charge is 2.39. The quantitative estimate of drug-likeness (QED) is 0.869. The Bertz CT molecular complexity index is 658. The Hall–Kier alpha value is -0.990. The van der Waals surface area contributed by atoms with E-state index in [0.29, 0.717) is 0 Å².